The van der Waals surface area contributed by atoms with E-state index in [2.05, 4.69) is 20.9 Å². The minimum atomic E-state index is -0.644. The predicted molar refractivity (Wildman–Crippen MR) is 83.4 cm³/mol. The Morgan fingerprint density at radius 1 is 1.26 bits per heavy atom. The molecule has 1 heterocycles. The van der Waals surface area contributed by atoms with Crippen LogP contribution in [0.15, 0.2) is 51.4 Å². The van der Waals surface area contributed by atoms with Crippen molar-refractivity contribution >= 4 is 33.0 Å². The highest BCUT2D eigenvalue weighted by molar-refractivity contribution is 9.10. The largest absolute Gasteiger partial charge is 0.479 e. The standard InChI is InChI=1S/C16H11BrFNO4/c17-10-5-6-13(11(18)7-10)21-9-16(20)22-8-15-19-12-3-1-2-4-14(12)23-15/h1-7H,8-9H2. The first-order valence-electron chi connectivity index (χ1n) is 6.70. The van der Waals surface area contributed by atoms with Crippen molar-refractivity contribution < 1.29 is 23.1 Å². The van der Waals surface area contributed by atoms with Crippen LogP contribution in [0.2, 0.25) is 0 Å². The molecule has 0 saturated carbocycles. The number of carbonyl (C=O) groups is 1. The summed E-state index contributed by atoms with van der Waals surface area (Å²) in [6, 6.07) is 11.5. The molecule has 0 radical (unpaired) electrons. The summed E-state index contributed by atoms with van der Waals surface area (Å²) in [6.07, 6.45) is 0. The van der Waals surface area contributed by atoms with Crippen LogP contribution in [-0.2, 0) is 16.1 Å². The lowest BCUT2D eigenvalue weighted by molar-refractivity contribution is -0.148. The van der Waals surface area contributed by atoms with Crippen molar-refractivity contribution in [3.8, 4) is 5.75 Å². The maximum atomic E-state index is 13.5. The highest BCUT2D eigenvalue weighted by Crippen LogP contribution is 2.21. The summed E-state index contributed by atoms with van der Waals surface area (Å²) in [4.78, 5) is 15.8. The van der Waals surface area contributed by atoms with Crippen molar-refractivity contribution in [3.63, 3.8) is 0 Å². The fraction of sp³-hybridized carbons (Fsp3) is 0.125. The first-order valence-corrected chi connectivity index (χ1v) is 7.49. The molecular weight excluding hydrogens is 369 g/mol. The van der Waals surface area contributed by atoms with Gasteiger partial charge >= 0.3 is 5.97 Å². The molecule has 3 aromatic rings. The van der Waals surface area contributed by atoms with E-state index < -0.39 is 18.4 Å². The molecule has 0 unspecified atom stereocenters. The van der Waals surface area contributed by atoms with Gasteiger partial charge in [0.05, 0.1) is 0 Å². The van der Waals surface area contributed by atoms with Gasteiger partial charge in [-0.25, -0.2) is 14.2 Å². The molecule has 2 aromatic carbocycles. The van der Waals surface area contributed by atoms with E-state index in [1.165, 1.54) is 12.1 Å². The first kappa shape index (κ1) is 15.5. The number of benzene rings is 2. The Balaban J connectivity index is 1.53. The molecule has 0 aliphatic carbocycles. The van der Waals surface area contributed by atoms with Gasteiger partial charge in [-0.3, -0.25) is 0 Å². The average Bonchev–Trinajstić information content (AvgIpc) is 2.95. The number of carbonyl (C=O) groups excluding carboxylic acids is 1. The second-order valence-corrected chi connectivity index (χ2v) is 5.52. The number of esters is 1. The Hall–Kier alpha value is -2.41. The summed E-state index contributed by atoms with van der Waals surface area (Å²) in [5.74, 6) is -0.943. The molecule has 0 N–H and O–H groups in total. The Kier molecular flexibility index (Phi) is 4.57. The normalized spacial score (nSPS) is 10.7. The molecule has 5 nitrogen and oxygen atoms in total. The van der Waals surface area contributed by atoms with Crippen LogP contribution in [-0.4, -0.2) is 17.6 Å². The zero-order valence-corrected chi connectivity index (χ0v) is 13.4. The van der Waals surface area contributed by atoms with Crippen molar-refractivity contribution in [2.24, 2.45) is 0 Å². The molecule has 0 spiro atoms. The van der Waals surface area contributed by atoms with Gasteiger partial charge in [-0.05, 0) is 30.3 Å². The maximum Gasteiger partial charge on any atom is 0.344 e. The molecule has 7 heteroatoms. The molecule has 1 aromatic heterocycles. The lowest BCUT2D eigenvalue weighted by Crippen LogP contribution is -2.15. The Bertz CT molecular complexity index is 816. The molecular formula is C16H11BrFNO4. The van der Waals surface area contributed by atoms with E-state index in [-0.39, 0.29) is 18.2 Å². The monoisotopic (exact) mass is 379 g/mol. The van der Waals surface area contributed by atoms with Crippen LogP contribution >= 0.6 is 15.9 Å². The number of para-hydroxylation sites is 2. The van der Waals surface area contributed by atoms with Crippen LogP contribution in [0.1, 0.15) is 5.89 Å². The van der Waals surface area contributed by atoms with Crippen molar-refractivity contribution in [1.29, 1.82) is 0 Å². The first-order chi connectivity index (χ1) is 11.1. The van der Waals surface area contributed by atoms with Gasteiger partial charge in [-0.1, -0.05) is 28.1 Å². The Labute approximate surface area is 139 Å². The number of hydrogen-bond acceptors (Lipinski definition) is 5. The molecule has 0 saturated heterocycles. The SMILES string of the molecule is O=C(COc1ccc(Br)cc1F)OCc1nc2ccccc2o1. The summed E-state index contributed by atoms with van der Waals surface area (Å²) >= 11 is 3.14. The summed E-state index contributed by atoms with van der Waals surface area (Å²) in [5.41, 5.74) is 1.30. The van der Waals surface area contributed by atoms with Gasteiger partial charge in [0.25, 0.3) is 0 Å². The van der Waals surface area contributed by atoms with E-state index in [0.717, 1.165) is 0 Å². The predicted octanol–water partition coefficient (Wildman–Crippen LogP) is 3.85. The van der Waals surface area contributed by atoms with E-state index >= 15 is 0 Å². The van der Waals surface area contributed by atoms with Gasteiger partial charge in [0.1, 0.15) is 5.52 Å². The minimum absolute atomic E-state index is 0.0213. The molecule has 0 aliphatic rings. The van der Waals surface area contributed by atoms with Crippen molar-refractivity contribution in [1.82, 2.24) is 4.98 Å². The van der Waals surface area contributed by atoms with E-state index in [0.29, 0.717) is 15.6 Å². The van der Waals surface area contributed by atoms with E-state index in [4.69, 9.17) is 13.9 Å². The number of rotatable bonds is 5. The maximum absolute atomic E-state index is 13.5. The number of fused-ring (bicyclic) bond motifs is 1. The van der Waals surface area contributed by atoms with Crippen molar-refractivity contribution in [2.75, 3.05) is 6.61 Å². The summed E-state index contributed by atoms with van der Waals surface area (Å²) in [7, 11) is 0. The summed E-state index contributed by atoms with van der Waals surface area (Å²) in [5, 5.41) is 0. The third-order valence-corrected chi connectivity index (χ3v) is 3.43. The van der Waals surface area contributed by atoms with Gasteiger partial charge in [0.2, 0.25) is 5.89 Å². The molecule has 0 bridgehead atoms. The topological polar surface area (TPSA) is 61.6 Å². The number of oxazole rings is 1. The molecule has 3 rings (SSSR count). The second kappa shape index (κ2) is 6.78. The fourth-order valence-electron chi connectivity index (χ4n) is 1.89. The smallest absolute Gasteiger partial charge is 0.344 e. The molecule has 0 atom stereocenters. The molecule has 0 aliphatic heterocycles. The Morgan fingerprint density at radius 3 is 2.87 bits per heavy atom. The van der Waals surface area contributed by atoms with E-state index in [9.17, 15) is 9.18 Å². The van der Waals surface area contributed by atoms with Gasteiger partial charge in [0, 0.05) is 4.47 Å². The fourth-order valence-corrected chi connectivity index (χ4v) is 2.23. The molecule has 0 fully saturated rings. The third kappa shape index (κ3) is 3.87. The lowest BCUT2D eigenvalue weighted by atomic mass is 10.3. The second-order valence-electron chi connectivity index (χ2n) is 4.60. The van der Waals surface area contributed by atoms with Gasteiger partial charge in [-0.2, -0.15) is 0 Å². The van der Waals surface area contributed by atoms with Crippen molar-refractivity contribution in [2.45, 2.75) is 6.61 Å². The van der Waals surface area contributed by atoms with E-state index in [1.807, 2.05) is 12.1 Å². The van der Waals surface area contributed by atoms with Crippen LogP contribution in [0.25, 0.3) is 11.1 Å². The number of nitrogens with zero attached hydrogens (tertiary/aromatic N) is 1. The lowest BCUT2D eigenvalue weighted by Gasteiger charge is -2.07. The van der Waals surface area contributed by atoms with Crippen LogP contribution in [0.3, 0.4) is 0 Å². The zero-order valence-electron chi connectivity index (χ0n) is 11.8. The van der Waals surface area contributed by atoms with Crippen molar-refractivity contribution in [3.05, 3.63) is 58.6 Å². The van der Waals surface area contributed by atoms with Crippen LogP contribution in [0, 0.1) is 5.82 Å². The number of halogens is 2. The minimum Gasteiger partial charge on any atom is -0.479 e. The Morgan fingerprint density at radius 2 is 2.09 bits per heavy atom. The van der Waals surface area contributed by atoms with Crippen LogP contribution < -0.4 is 4.74 Å². The third-order valence-electron chi connectivity index (χ3n) is 2.93. The summed E-state index contributed by atoms with van der Waals surface area (Å²) < 4.78 is 29.6. The molecule has 118 valence electrons. The highest BCUT2D eigenvalue weighted by Gasteiger charge is 2.11. The average molecular weight is 380 g/mol. The highest BCUT2D eigenvalue weighted by atomic mass is 79.9. The molecule has 0 amide bonds. The number of hydrogen-bond donors (Lipinski definition) is 0. The zero-order chi connectivity index (χ0) is 16.2. The quantitative estimate of drug-likeness (QED) is 0.630. The van der Waals surface area contributed by atoms with E-state index in [1.54, 1.807) is 18.2 Å². The van der Waals surface area contributed by atoms with Crippen LogP contribution in [0.4, 0.5) is 4.39 Å². The van der Waals surface area contributed by atoms with Gasteiger partial charge in [-0.15, -0.1) is 0 Å². The number of ether oxygens (including phenoxy) is 2. The van der Waals surface area contributed by atoms with Gasteiger partial charge in [0.15, 0.2) is 30.4 Å². The summed E-state index contributed by atoms with van der Waals surface area (Å²) in [6.45, 7) is -0.515. The van der Waals surface area contributed by atoms with Crippen LogP contribution in [0.5, 0.6) is 5.75 Å². The van der Waals surface area contributed by atoms with Gasteiger partial charge < -0.3 is 13.9 Å². The molecule has 23 heavy (non-hydrogen) atoms. The number of aromatic nitrogens is 1.